The molecule has 3 amide bonds. The fourth-order valence-electron chi connectivity index (χ4n) is 3.49. The minimum absolute atomic E-state index is 0.0788. The van der Waals surface area contributed by atoms with Crippen LogP contribution >= 0.6 is 0 Å². The van der Waals surface area contributed by atoms with Crippen LogP contribution in [0.3, 0.4) is 0 Å². The van der Waals surface area contributed by atoms with Crippen molar-refractivity contribution in [3.63, 3.8) is 0 Å². The van der Waals surface area contributed by atoms with Crippen LogP contribution in [0.1, 0.15) is 5.56 Å². The average Bonchev–Trinajstić information content (AvgIpc) is 3.33. The maximum Gasteiger partial charge on any atom is 0.325 e. The van der Waals surface area contributed by atoms with Gasteiger partial charge >= 0.3 is 6.03 Å². The van der Waals surface area contributed by atoms with Crippen LogP contribution in [0.4, 0.5) is 16.2 Å². The summed E-state index contributed by atoms with van der Waals surface area (Å²) >= 11 is 0. The molecule has 1 aromatic heterocycles. The molecule has 33 heavy (non-hydrogen) atoms. The molecule has 172 valence electrons. The molecule has 0 saturated carbocycles. The third-order valence-electron chi connectivity index (χ3n) is 5.39. The smallest absolute Gasteiger partial charge is 0.325 e. The van der Waals surface area contributed by atoms with E-state index in [0.29, 0.717) is 17.1 Å². The standard InChI is InChI=1S/C23H24N4O5S/c1-17-2-8-20(9-3-17)27(23(29)26-10-12-33(30,31)13-11-26)14-22(28)25-19-6-4-18(5-7-19)21-15-32-16-24-21/h2-9,15-16H,10-14H2,1H3,(H,25,28). The van der Waals surface area contributed by atoms with Crippen molar-refractivity contribution in [3.05, 3.63) is 66.8 Å². The third kappa shape index (κ3) is 5.58. The maximum absolute atomic E-state index is 13.2. The lowest BCUT2D eigenvalue weighted by molar-refractivity contribution is -0.114. The Morgan fingerprint density at radius 2 is 1.73 bits per heavy atom. The first-order valence-electron chi connectivity index (χ1n) is 10.4. The zero-order valence-corrected chi connectivity index (χ0v) is 18.9. The first kappa shape index (κ1) is 22.5. The van der Waals surface area contributed by atoms with Crippen LogP contribution < -0.4 is 10.2 Å². The molecule has 0 unspecified atom stereocenters. The highest BCUT2D eigenvalue weighted by Gasteiger charge is 2.30. The Balaban J connectivity index is 1.48. The number of nitrogens with zero attached hydrogens (tertiary/aromatic N) is 3. The fourth-order valence-corrected chi connectivity index (χ4v) is 4.69. The predicted molar refractivity (Wildman–Crippen MR) is 125 cm³/mol. The molecule has 1 aliphatic heterocycles. The van der Waals surface area contributed by atoms with Crippen molar-refractivity contribution < 1.29 is 22.4 Å². The second kappa shape index (κ2) is 9.45. The van der Waals surface area contributed by atoms with E-state index in [1.807, 2.05) is 31.2 Å². The van der Waals surface area contributed by atoms with Gasteiger partial charge in [-0.25, -0.2) is 18.2 Å². The number of carbonyl (C=O) groups is 2. The van der Waals surface area contributed by atoms with E-state index in [2.05, 4.69) is 10.3 Å². The molecule has 0 radical (unpaired) electrons. The summed E-state index contributed by atoms with van der Waals surface area (Å²) in [4.78, 5) is 33.0. The molecule has 2 heterocycles. The molecular weight excluding hydrogens is 444 g/mol. The third-order valence-corrected chi connectivity index (χ3v) is 7.00. The Kier molecular flexibility index (Phi) is 6.45. The summed E-state index contributed by atoms with van der Waals surface area (Å²) in [5.41, 5.74) is 3.70. The lowest BCUT2D eigenvalue weighted by Gasteiger charge is -2.32. The van der Waals surface area contributed by atoms with Gasteiger partial charge in [0.15, 0.2) is 16.2 Å². The molecule has 9 nitrogen and oxygen atoms in total. The van der Waals surface area contributed by atoms with Crippen molar-refractivity contribution in [2.24, 2.45) is 0 Å². The molecular formula is C23H24N4O5S. The monoisotopic (exact) mass is 468 g/mol. The number of hydrogen-bond donors (Lipinski definition) is 1. The van der Waals surface area contributed by atoms with Crippen LogP contribution in [0.15, 0.2) is 65.6 Å². The summed E-state index contributed by atoms with van der Waals surface area (Å²) in [6.45, 7) is 1.93. The molecule has 0 atom stereocenters. The highest BCUT2D eigenvalue weighted by molar-refractivity contribution is 7.91. The molecule has 1 N–H and O–H groups in total. The number of rotatable bonds is 5. The van der Waals surface area contributed by atoms with E-state index < -0.39 is 15.9 Å². The van der Waals surface area contributed by atoms with Crippen molar-refractivity contribution >= 4 is 33.2 Å². The Hall–Kier alpha value is -3.66. The number of anilines is 2. The van der Waals surface area contributed by atoms with Gasteiger partial charge in [-0.3, -0.25) is 9.69 Å². The van der Waals surface area contributed by atoms with Gasteiger partial charge in [0.1, 0.15) is 18.5 Å². The van der Waals surface area contributed by atoms with Gasteiger partial charge in [0.25, 0.3) is 0 Å². The second-order valence-electron chi connectivity index (χ2n) is 7.84. The van der Waals surface area contributed by atoms with E-state index in [0.717, 1.165) is 11.1 Å². The Bertz CT molecular complexity index is 1210. The average molecular weight is 469 g/mol. The van der Waals surface area contributed by atoms with E-state index in [1.54, 1.807) is 24.3 Å². The van der Waals surface area contributed by atoms with Gasteiger partial charge in [-0.1, -0.05) is 29.8 Å². The van der Waals surface area contributed by atoms with Crippen molar-refractivity contribution in [3.8, 4) is 11.3 Å². The highest BCUT2D eigenvalue weighted by atomic mass is 32.2. The SMILES string of the molecule is Cc1ccc(N(CC(=O)Nc2ccc(-c3cocn3)cc2)C(=O)N2CCS(=O)(=O)CC2)cc1. The number of sulfone groups is 1. The predicted octanol–water partition coefficient (Wildman–Crippen LogP) is 2.95. The van der Waals surface area contributed by atoms with Crippen LogP contribution in [-0.4, -0.2) is 61.4 Å². The largest absolute Gasteiger partial charge is 0.451 e. The highest BCUT2D eigenvalue weighted by Crippen LogP contribution is 2.21. The van der Waals surface area contributed by atoms with Gasteiger partial charge in [-0.05, 0) is 31.2 Å². The number of urea groups is 1. The van der Waals surface area contributed by atoms with Crippen LogP contribution in [0, 0.1) is 6.92 Å². The Morgan fingerprint density at radius 1 is 1.06 bits per heavy atom. The van der Waals surface area contributed by atoms with E-state index >= 15 is 0 Å². The molecule has 1 aliphatic rings. The summed E-state index contributed by atoms with van der Waals surface area (Å²) in [6, 6.07) is 14.0. The molecule has 1 fully saturated rings. The van der Waals surface area contributed by atoms with E-state index in [1.165, 1.54) is 22.5 Å². The number of carbonyl (C=O) groups excluding carboxylic acids is 2. The topological polar surface area (TPSA) is 113 Å². The van der Waals surface area contributed by atoms with Gasteiger partial charge in [0, 0.05) is 30.0 Å². The summed E-state index contributed by atoms with van der Waals surface area (Å²) in [5, 5.41) is 2.81. The molecule has 3 aromatic rings. The Labute approximate surface area is 191 Å². The number of benzene rings is 2. The number of amides is 3. The van der Waals surface area contributed by atoms with Crippen LogP contribution in [0.5, 0.6) is 0 Å². The molecule has 2 aromatic carbocycles. The van der Waals surface area contributed by atoms with Gasteiger partial charge in [0.2, 0.25) is 5.91 Å². The minimum atomic E-state index is -3.13. The quantitative estimate of drug-likeness (QED) is 0.616. The van der Waals surface area contributed by atoms with E-state index in [9.17, 15) is 18.0 Å². The summed E-state index contributed by atoms with van der Waals surface area (Å²) in [5.74, 6) is -0.530. The van der Waals surface area contributed by atoms with Crippen molar-refractivity contribution in [2.45, 2.75) is 6.92 Å². The number of oxazole rings is 1. The number of nitrogens with one attached hydrogen (secondary N) is 1. The van der Waals surface area contributed by atoms with Gasteiger partial charge in [0.05, 0.1) is 11.5 Å². The number of aromatic nitrogens is 1. The fraction of sp³-hybridized carbons (Fsp3) is 0.261. The van der Waals surface area contributed by atoms with E-state index in [-0.39, 0.29) is 37.0 Å². The van der Waals surface area contributed by atoms with Gasteiger partial charge in [-0.15, -0.1) is 0 Å². The minimum Gasteiger partial charge on any atom is -0.451 e. The Morgan fingerprint density at radius 3 is 2.33 bits per heavy atom. The van der Waals surface area contributed by atoms with Crippen molar-refractivity contribution in [1.82, 2.24) is 9.88 Å². The maximum atomic E-state index is 13.2. The van der Waals surface area contributed by atoms with Gasteiger partial charge < -0.3 is 14.6 Å². The zero-order valence-electron chi connectivity index (χ0n) is 18.1. The molecule has 1 saturated heterocycles. The summed E-state index contributed by atoms with van der Waals surface area (Å²) < 4.78 is 28.5. The molecule has 10 heteroatoms. The van der Waals surface area contributed by atoms with Gasteiger partial charge in [-0.2, -0.15) is 0 Å². The first-order chi connectivity index (χ1) is 15.8. The molecule has 0 aliphatic carbocycles. The van der Waals surface area contributed by atoms with Crippen LogP contribution in [0.25, 0.3) is 11.3 Å². The lowest BCUT2D eigenvalue weighted by Crippen LogP contribution is -2.51. The van der Waals surface area contributed by atoms with Crippen LogP contribution in [-0.2, 0) is 14.6 Å². The summed E-state index contributed by atoms with van der Waals surface area (Å²) in [6.07, 6.45) is 2.88. The first-order valence-corrected chi connectivity index (χ1v) is 12.2. The molecule has 0 bridgehead atoms. The lowest BCUT2D eigenvalue weighted by atomic mass is 10.1. The van der Waals surface area contributed by atoms with Crippen molar-refractivity contribution in [1.29, 1.82) is 0 Å². The molecule has 0 spiro atoms. The summed E-state index contributed by atoms with van der Waals surface area (Å²) in [7, 11) is -3.13. The number of hydrogen-bond acceptors (Lipinski definition) is 6. The number of aryl methyl sites for hydroxylation is 1. The van der Waals surface area contributed by atoms with Crippen LogP contribution in [0.2, 0.25) is 0 Å². The second-order valence-corrected chi connectivity index (χ2v) is 10.1. The van der Waals surface area contributed by atoms with E-state index in [4.69, 9.17) is 4.42 Å². The van der Waals surface area contributed by atoms with Crippen molar-refractivity contribution in [2.75, 3.05) is 41.4 Å². The molecule has 4 rings (SSSR count). The normalized spacial score (nSPS) is 15.1. The zero-order chi connectivity index (χ0) is 23.4.